The van der Waals surface area contributed by atoms with E-state index in [4.69, 9.17) is 0 Å². The largest absolute Gasteiger partial charge is 0.368 e. The highest BCUT2D eigenvalue weighted by molar-refractivity contribution is 5.78. The summed E-state index contributed by atoms with van der Waals surface area (Å²) in [7, 11) is 0. The van der Waals surface area contributed by atoms with E-state index in [0.717, 1.165) is 26.2 Å². The van der Waals surface area contributed by atoms with Gasteiger partial charge in [-0.1, -0.05) is 72.3 Å². The Bertz CT molecular complexity index is 1040. The predicted molar refractivity (Wildman–Crippen MR) is 132 cm³/mol. The van der Waals surface area contributed by atoms with Crippen molar-refractivity contribution in [2.45, 2.75) is 26.8 Å². The van der Waals surface area contributed by atoms with Crippen molar-refractivity contribution in [1.29, 1.82) is 0 Å². The van der Waals surface area contributed by atoms with Gasteiger partial charge in [0.15, 0.2) is 0 Å². The van der Waals surface area contributed by atoms with Crippen LogP contribution >= 0.6 is 0 Å². The van der Waals surface area contributed by atoms with Gasteiger partial charge >= 0.3 is 0 Å². The van der Waals surface area contributed by atoms with Crippen molar-refractivity contribution >= 4 is 11.6 Å². The molecule has 0 aromatic heterocycles. The second-order valence-corrected chi connectivity index (χ2v) is 8.72. The summed E-state index contributed by atoms with van der Waals surface area (Å²) >= 11 is 0. The Labute approximate surface area is 191 Å². The summed E-state index contributed by atoms with van der Waals surface area (Å²) in [6.45, 7) is 10.0. The number of nitrogens with one attached hydrogen (secondary N) is 1. The number of hydrogen-bond acceptors (Lipinski definition) is 3. The molecule has 1 aliphatic rings. The summed E-state index contributed by atoms with van der Waals surface area (Å²) in [6.07, 6.45) is 0. The summed E-state index contributed by atoms with van der Waals surface area (Å²) < 4.78 is 0. The minimum atomic E-state index is -0.00279. The molecule has 166 valence electrons. The third kappa shape index (κ3) is 5.03. The Morgan fingerprint density at radius 3 is 2.16 bits per heavy atom. The van der Waals surface area contributed by atoms with Gasteiger partial charge in [-0.05, 0) is 49.1 Å². The van der Waals surface area contributed by atoms with E-state index in [-0.39, 0.29) is 11.9 Å². The monoisotopic (exact) mass is 427 g/mol. The van der Waals surface area contributed by atoms with Gasteiger partial charge in [0.2, 0.25) is 5.91 Å². The standard InChI is InChI=1S/C28H33N3O/c1-21-12-14-25(15-13-21)28(24-9-5-4-6-10-24)29-20-27(32)31-18-16-30(17-19-31)26-11-7-8-22(2)23(26)3/h4-15,28-29H,16-20H2,1-3H3/t28-/m1/s1. The van der Waals surface area contributed by atoms with Gasteiger partial charge in [-0.2, -0.15) is 0 Å². The van der Waals surface area contributed by atoms with Crippen LogP contribution in [0.4, 0.5) is 5.69 Å². The molecule has 0 aliphatic carbocycles. The first-order valence-corrected chi connectivity index (χ1v) is 11.5. The van der Waals surface area contributed by atoms with Crippen molar-refractivity contribution in [2.75, 3.05) is 37.6 Å². The molecule has 3 aromatic carbocycles. The van der Waals surface area contributed by atoms with Gasteiger partial charge in [-0.3, -0.25) is 10.1 Å². The molecule has 0 saturated carbocycles. The fourth-order valence-corrected chi connectivity index (χ4v) is 4.41. The summed E-state index contributed by atoms with van der Waals surface area (Å²) in [4.78, 5) is 17.4. The number of nitrogens with zero attached hydrogens (tertiary/aromatic N) is 2. The molecule has 1 fully saturated rings. The van der Waals surface area contributed by atoms with E-state index in [9.17, 15) is 4.79 Å². The molecular formula is C28H33N3O. The van der Waals surface area contributed by atoms with Crippen molar-refractivity contribution < 1.29 is 4.79 Å². The van der Waals surface area contributed by atoms with Gasteiger partial charge in [0.25, 0.3) is 0 Å². The third-order valence-corrected chi connectivity index (χ3v) is 6.55. The number of rotatable bonds is 6. The minimum absolute atomic E-state index is 0.00279. The molecule has 1 heterocycles. The lowest BCUT2D eigenvalue weighted by atomic mass is 9.98. The van der Waals surface area contributed by atoms with E-state index in [1.54, 1.807) is 0 Å². The van der Waals surface area contributed by atoms with Crippen molar-refractivity contribution in [1.82, 2.24) is 10.2 Å². The molecule has 32 heavy (non-hydrogen) atoms. The molecule has 1 amide bonds. The van der Waals surface area contributed by atoms with Crippen molar-refractivity contribution in [3.63, 3.8) is 0 Å². The van der Waals surface area contributed by atoms with Gasteiger partial charge < -0.3 is 9.80 Å². The lowest BCUT2D eigenvalue weighted by Crippen LogP contribution is -2.51. The molecule has 1 saturated heterocycles. The molecule has 1 N–H and O–H groups in total. The SMILES string of the molecule is Cc1ccc([C@H](NCC(=O)N2CCN(c3cccc(C)c3C)CC2)c2ccccc2)cc1. The zero-order valence-electron chi connectivity index (χ0n) is 19.3. The van der Waals surface area contributed by atoms with Crippen LogP contribution in [0, 0.1) is 20.8 Å². The van der Waals surface area contributed by atoms with Crippen LogP contribution in [0.25, 0.3) is 0 Å². The van der Waals surface area contributed by atoms with E-state index in [1.165, 1.54) is 33.5 Å². The fraction of sp³-hybridized carbons (Fsp3) is 0.321. The molecule has 4 nitrogen and oxygen atoms in total. The molecule has 0 bridgehead atoms. The normalized spacial score (nSPS) is 15.0. The minimum Gasteiger partial charge on any atom is -0.368 e. The number of anilines is 1. The molecule has 1 atom stereocenters. The van der Waals surface area contributed by atoms with Crippen LogP contribution in [0.15, 0.2) is 72.8 Å². The van der Waals surface area contributed by atoms with Crippen LogP contribution in [0.2, 0.25) is 0 Å². The highest BCUT2D eigenvalue weighted by Crippen LogP contribution is 2.24. The van der Waals surface area contributed by atoms with Crippen LogP contribution in [-0.4, -0.2) is 43.5 Å². The van der Waals surface area contributed by atoms with Gasteiger partial charge in [-0.25, -0.2) is 0 Å². The number of carbonyl (C=O) groups is 1. The molecular weight excluding hydrogens is 394 g/mol. The van der Waals surface area contributed by atoms with Gasteiger partial charge in [0.05, 0.1) is 12.6 Å². The molecule has 3 aromatic rings. The molecule has 4 rings (SSSR count). The summed E-state index contributed by atoms with van der Waals surface area (Å²) in [5, 5.41) is 3.52. The molecule has 4 heteroatoms. The Morgan fingerprint density at radius 1 is 0.812 bits per heavy atom. The number of hydrogen-bond donors (Lipinski definition) is 1. The van der Waals surface area contributed by atoms with Gasteiger partial charge in [0.1, 0.15) is 0 Å². The molecule has 1 aliphatic heterocycles. The fourth-order valence-electron chi connectivity index (χ4n) is 4.41. The number of benzene rings is 3. The van der Waals surface area contributed by atoms with Crippen LogP contribution < -0.4 is 10.2 Å². The number of aryl methyl sites for hydroxylation is 2. The topological polar surface area (TPSA) is 35.6 Å². The number of carbonyl (C=O) groups excluding carboxylic acids is 1. The Morgan fingerprint density at radius 2 is 1.47 bits per heavy atom. The van der Waals surface area contributed by atoms with E-state index in [0.29, 0.717) is 6.54 Å². The van der Waals surface area contributed by atoms with Gasteiger partial charge in [-0.15, -0.1) is 0 Å². The van der Waals surface area contributed by atoms with Crippen molar-refractivity contribution in [3.8, 4) is 0 Å². The number of amides is 1. The quantitative estimate of drug-likeness (QED) is 0.623. The highest BCUT2D eigenvalue weighted by Gasteiger charge is 2.23. The number of piperazine rings is 1. The van der Waals surface area contributed by atoms with Crippen LogP contribution in [0.5, 0.6) is 0 Å². The maximum Gasteiger partial charge on any atom is 0.236 e. The first kappa shape index (κ1) is 22.1. The van der Waals surface area contributed by atoms with Crippen molar-refractivity contribution in [3.05, 3.63) is 101 Å². The Balaban J connectivity index is 1.39. The highest BCUT2D eigenvalue weighted by atomic mass is 16.2. The Kier molecular flexibility index (Phi) is 6.91. The first-order valence-electron chi connectivity index (χ1n) is 11.5. The predicted octanol–water partition coefficient (Wildman–Crippen LogP) is 4.64. The zero-order valence-corrected chi connectivity index (χ0v) is 19.3. The third-order valence-electron chi connectivity index (χ3n) is 6.55. The lowest BCUT2D eigenvalue weighted by molar-refractivity contribution is -0.130. The van der Waals surface area contributed by atoms with Gasteiger partial charge in [0, 0.05) is 31.9 Å². The van der Waals surface area contributed by atoms with E-state index in [2.05, 4.69) is 85.6 Å². The lowest BCUT2D eigenvalue weighted by Gasteiger charge is -2.37. The average Bonchev–Trinajstić information content (AvgIpc) is 2.83. The molecule has 0 radical (unpaired) electrons. The Hall–Kier alpha value is -3.11. The average molecular weight is 428 g/mol. The summed E-state index contributed by atoms with van der Waals surface area (Å²) in [6, 6.07) is 25.4. The van der Waals surface area contributed by atoms with Crippen LogP contribution in [0.3, 0.4) is 0 Å². The summed E-state index contributed by atoms with van der Waals surface area (Å²) in [5.41, 5.74) is 7.52. The van der Waals surface area contributed by atoms with Crippen LogP contribution in [0.1, 0.15) is 33.9 Å². The maximum absolute atomic E-state index is 13.0. The second kappa shape index (κ2) is 10.0. The van der Waals surface area contributed by atoms with E-state index < -0.39 is 0 Å². The first-order chi connectivity index (χ1) is 15.5. The van der Waals surface area contributed by atoms with Crippen LogP contribution in [-0.2, 0) is 4.79 Å². The molecule has 0 unspecified atom stereocenters. The zero-order chi connectivity index (χ0) is 22.5. The maximum atomic E-state index is 13.0. The van der Waals surface area contributed by atoms with Crippen molar-refractivity contribution in [2.24, 2.45) is 0 Å². The molecule has 0 spiro atoms. The van der Waals surface area contributed by atoms with E-state index in [1.807, 2.05) is 23.1 Å². The van der Waals surface area contributed by atoms with E-state index >= 15 is 0 Å². The second-order valence-electron chi connectivity index (χ2n) is 8.72. The summed E-state index contributed by atoms with van der Waals surface area (Å²) in [5.74, 6) is 0.165. The smallest absolute Gasteiger partial charge is 0.236 e.